The zero-order valence-corrected chi connectivity index (χ0v) is 11.4. The quantitative estimate of drug-likeness (QED) is 0.914. The number of aromatic nitrogens is 2. The van der Waals surface area contributed by atoms with Crippen LogP contribution in [0.3, 0.4) is 0 Å². The van der Waals surface area contributed by atoms with E-state index in [4.69, 9.17) is 4.74 Å². The predicted molar refractivity (Wildman–Crippen MR) is 75.3 cm³/mol. The summed E-state index contributed by atoms with van der Waals surface area (Å²) in [5.74, 6) is 1.42. The van der Waals surface area contributed by atoms with E-state index in [0.717, 1.165) is 37.1 Å². The van der Waals surface area contributed by atoms with E-state index in [1.54, 1.807) is 6.08 Å². The van der Waals surface area contributed by atoms with Gasteiger partial charge >= 0.3 is 6.09 Å². The summed E-state index contributed by atoms with van der Waals surface area (Å²) < 4.78 is 5.20. The second-order valence-corrected chi connectivity index (χ2v) is 5.13. The number of aryl methyl sites for hydroxylation is 1. The monoisotopic (exact) mass is 271 g/mol. The molecule has 1 N–H and O–H groups in total. The van der Waals surface area contributed by atoms with E-state index in [9.17, 15) is 4.79 Å². The third-order valence-electron chi connectivity index (χ3n) is 3.26. The largest absolute Gasteiger partial charge is 0.419 e. The molecule has 1 saturated carbocycles. The average molecular weight is 271 g/mol. The Kier molecular flexibility index (Phi) is 3.50. The summed E-state index contributed by atoms with van der Waals surface area (Å²) in [4.78, 5) is 20.4. The van der Waals surface area contributed by atoms with Gasteiger partial charge in [-0.2, -0.15) is 0 Å². The second kappa shape index (κ2) is 5.45. The van der Waals surface area contributed by atoms with Gasteiger partial charge < -0.3 is 4.74 Å². The zero-order valence-electron chi connectivity index (χ0n) is 11.4. The molecule has 0 aliphatic heterocycles. The molecule has 1 fully saturated rings. The Labute approximate surface area is 117 Å². The molecule has 2 aliphatic carbocycles. The third kappa shape index (κ3) is 3.23. The van der Waals surface area contributed by atoms with Crippen molar-refractivity contribution in [1.29, 1.82) is 0 Å². The van der Waals surface area contributed by atoms with Crippen molar-refractivity contribution in [2.45, 2.75) is 38.5 Å². The number of rotatable bonds is 3. The van der Waals surface area contributed by atoms with E-state index in [1.807, 2.05) is 25.1 Å². The van der Waals surface area contributed by atoms with Crippen LogP contribution in [-0.2, 0) is 4.74 Å². The highest BCUT2D eigenvalue weighted by Crippen LogP contribution is 2.39. The van der Waals surface area contributed by atoms with Gasteiger partial charge in [0.1, 0.15) is 5.76 Å². The van der Waals surface area contributed by atoms with Gasteiger partial charge in [0.15, 0.2) is 0 Å². The molecule has 1 aromatic rings. The summed E-state index contributed by atoms with van der Waals surface area (Å²) >= 11 is 0. The first kappa shape index (κ1) is 12.8. The minimum Gasteiger partial charge on any atom is -0.410 e. The van der Waals surface area contributed by atoms with Gasteiger partial charge in [0, 0.05) is 17.3 Å². The van der Waals surface area contributed by atoms with Crippen LogP contribution >= 0.6 is 0 Å². The summed E-state index contributed by atoms with van der Waals surface area (Å²) in [5, 5.41) is 2.59. The number of ether oxygens (including phenoxy) is 1. The van der Waals surface area contributed by atoms with E-state index in [2.05, 4.69) is 15.3 Å². The van der Waals surface area contributed by atoms with Crippen molar-refractivity contribution < 1.29 is 9.53 Å². The number of carbonyl (C=O) groups excluding carboxylic acids is 1. The number of hydrogen-bond acceptors (Lipinski definition) is 4. The van der Waals surface area contributed by atoms with E-state index in [-0.39, 0.29) is 0 Å². The summed E-state index contributed by atoms with van der Waals surface area (Å²) in [5.41, 5.74) is 1.86. The van der Waals surface area contributed by atoms with Crippen molar-refractivity contribution in [3.05, 3.63) is 41.4 Å². The van der Waals surface area contributed by atoms with Gasteiger partial charge in [-0.3, -0.25) is 5.32 Å². The first-order valence-corrected chi connectivity index (χ1v) is 6.92. The smallest absolute Gasteiger partial charge is 0.410 e. The Hall–Kier alpha value is -2.17. The number of carbonyl (C=O) groups is 1. The van der Waals surface area contributed by atoms with Gasteiger partial charge in [0.2, 0.25) is 5.95 Å². The fourth-order valence-corrected chi connectivity index (χ4v) is 2.13. The summed E-state index contributed by atoms with van der Waals surface area (Å²) in [6.45, 7) is 1.90. The molecule has 104 valence electrons. The molecule has 1 amide bonds. The molecule has 1 aromatic heterocycles. The molecule has 0 aromatic carbocycles. The zero-order chi connectivity index (χ0) is 13.9. The number of nitrogens with zero attached hydrogens (tertiary/aromatic N) is 2. The van der Waals surface area contributed by atoms with Crippen LogP contribution in [0.5, 0.6) is 0 Å². The van der Waals surface area contributed by atoms with Crippen LogP contribution in [0.25, 0.3) is 0 Å². The molecular formula is C15H17N3O2. The SMILES string of the molecule is Cc1cc(C2CC2)nc(NC(=O)OC2=CCCC=C2)n1. The fourth-order valence-electron chi connectivity index (χ4n) is 2.13. The van der Waals surface area contributed by atoms with Crippen molar-refractivity contribution in [2.75, 3.05) is 5.32 Å². The van der Waals surface area contributed by atoms with Gasteiger partial charge in [-0.15, -0.1) is 0 Å². The van der Waals surface area contributed by atoms with Crippen LogP contribution in [0.2, 0.25) is 0 Å². The standard InChI is InChI=1S/C15H17N3O2/c1-10-9-13(11-7-8-11)17-14(16-10)18-15(19)20-12-5-3-2-4-6-12/h3,5-6,9,11H,2,4,7-8H2,1H3,(H,16,17,18,19). The maximum absolute atomic E-state index is 11.8. The number of anilines is 1. The Morgan fingerprint density at radius 3 is 2.90 bits per heavy atom. The van der Waals surface area contributed by atoms with Gasteiger partial charge in [-0.25, -0.2) is 14.8 Å². The molecule has 1 heterocycles. The first-order valence-electron chi connectivity index (χ1n) is 6.92. The lowest BCUT2D eigenvalue weighted by Gasteiger charge is -2.09. The van der Waals surface area contributed by atoms with Crippen LogP contribution in [0.4, 0.5) is 10.7 Å². The number of allylic oxidation sites excluding steroid dienone is 3. The molecule has 0 saturated heterocycles. The van der Waals surface area contributed by atoms with Crippen molar-refractivity contribution in [1.82, 2.24) is 9.97 Å². The molecule has 0 unspecified atom stereocenters. The van der Waals surface area contributed by atoms with E-state index < -0.39 is 6.09 Å². The van der Waals surface area contributed by atoms with E-state index >= 15 is 0 Å². The predicted octanol–water partition coefficient (Wildman–Crippen LogP) is 3.44. The Morgan fingerprint density at radius 1 is 1.35 bits per heavy atom. The molecule has 5 nitrogen and oxygen atoms in total. The lowest BCUT2D eigenvalue weighted by Crippen LogP contribution is -2.16. The number of nitrogens with one attached hydrogen (secondary N) is 1. The minimum atomic E-state index is -0.546. The molecule has 5 heteroatoms. The lowest BCUT2D eigenvalue weighted by atomic mass is 10.2. The van der Waals surface area contributed by atoms with Crippen molar-refractivity contribution in [3.8, 4) is 0 Å². The maximum atomic E-state index is 11.8. The lowest BCUT2D eigenvalue weighted by molar-refractivity contribution is 0.194. The summed E-state index contributed by atoms with van der Waals surface area (Å²) in [6.07, 6.45) is 9.34. The minimum absolute atomic E-state index is 0.317. The van der Waals surface area contributed by atoms with Crippen molar-refractivity contribution >= 4 is 12.0 Å². The third-order valence-corrected chi connectivity index (χ3v) is 3.26. The molecule has 0 bridgehead atoms. The van der Waals surface area contributed by atoms with Crippen LogP contribution in [0.1, 0.15) is 43.0 Å². The van der Waals surface area contributed by atoms with Crippen LogP contribution < -0.4 is 5.32 Å². The van der Waals surface area contributed by atoms with Crippen molar-refractivity contribution in [2.24, 2.45) is 0 Å². The Balaban J connectivity index is 1.66. The summed E-state index contributed by atoms with van der Waals surface area (Å²) in [6, 6.07) is 1.97. The first-order chi connectivity index (χ1) is 9.70. The highest BCUT2D eigenvalue weighted by atomic mass is 16.6. The Morgan fingerprint density at radius 2 is 2.20 bits per heavy atom. The van der Waals surface area contributed by atoms with Crippen LogP contribution in [-0.4, -0.2) is 16.1 Å². The van der Waals surface area contributed by atoms with Gasteiger partial charge in [-0.05, 0) is 50.8 Å². The average Bonchev–Trinajstić information content (AvgIpc) is 3.23. The van der Waals surface area contributed by atoms with E-state index in [1.165, 1.54) is 0 Å². The van der Waals surface area contributed by atoms with E-state index in [0.29, 0.717) is 17.6 Å². The van der Waals surface area contributed by atoms with Gasteiger partial charge in [0.05, 0.1) is 0 Å². The summed E-state index contributed by atoms with van der Waals surface area (Å²) in [7, 11) is 0. The molecule has 2 aliphatic rings. The topological polar surface area (TPSA) is 64.1 Å². The van der Waals surface area contributed by atoms with Gasteiger partial charge in [-0.1, -0.05) is 6.08 Å². The molecule has 0 atom stereocenters. The molecular weight excluding hydrogens is 254 g/mol. The van der Waals surface area contributed by atoms with Gasteiger partial charge in [0.25, 0.3) is 0 Å². The Bertz CT molecular complexity index is 589. The number of amides is 1. The normalized spacial score (nSPS) is 17.6. The molecule has 0 radical (unpaired) electrons. The fraction of sp³-hybridized carbons (Fsp3) is 0.400. The number of hydrogen-bond donors (Lipinski definition) is 1. The van der Waals surface area contributed by atoms with Crippen LogP contribution in [0, 0.1) is 6.92 Å². The molecule has 20 heavy (non-hydrogen) atoms. The highest BCUT2D eigenvalue weighted by Gasteiger charge is 2.26. The van der Waals surface area contributed by atoms with Crippen molar-refractivity contribution in [3.63, 3.8) is 0 Å². The molecule has 3 rings (SSSR count). The second-order valence-electron chi connectivity index (χ2n) is 5.13. The van der Waals surface area contributed by atoms with Crippen LogP contribution in [0.15, 0.2) is 30.1 Å². The highest BCUT2D eigenvalue weighted by molar-refractivity contribution is 5.83. The maximum Gasteiger partial charge on any atom is 0.419 e. The molecule has 0 spiro atoms.